The van der Waals surface area contributed by atoms with Crippen molar-refractivity contribution in [2.75, 3.05) is 11.1 Å². The smallest absolute Gasteiger partial charge is 0.258 e. The Morgan fingerprint density at radius 3 is 2.90 bits per heavy atom. The Kier molecular flexibility index (Phi) is 4.25. The zero-order valence-corrected chi connectivity index (χ0v) is 12.2. The summed E-state index contributed by atoms with van der Waals surface area (Å²) < 4.78 is 0. The molecule has 1 aromatic heterocycles. The first-order chi connectivity index (χ1) is 9.52. The molecule has 1 amide bonds. The molecule has 0 saturated carbocycles. The van der Waals surface area contributed by atoms with Crippen molar-refractivity contribution in [2.45, 2.75) is 20.3 Å². The van der Waals surface area contributed by atoms with Crippen molar-refractivity contribution in [1.82, 2.24) is 4.98 Å². The minimum absolute atomic E-state index is 0.142. The summed E-state index contributed by atoms with van der Waals surface area (Å²) in [4.78, 5) is 16.2. The van der Waals surface area contributed by atoms with E-state index in [2.05, 4.69) is 10.3 Å². The van der Waals surface area contributed by atoms with E-state index in [1.165, 1.54) is 12.3 Å². The van der Waals surface area contributed by atoms with Crippen LogP contribution in [-0.2, 0) is 6.42 Å². The molecule has 0 fully saturated rings. The highest BCUT2D eigenvalue weighted by Crippen LogP contribution is 2.23. The summed E-state index contributed by atoms with van der Waals surface area (Å²) in [5.41, 5.74) is 9.22. The maximum absolute atomic E-state index is 12.3. The van der Waals surface area contributed by atoms with Gasteiger partial charge in [0.1, 0.15) is 5.15 Å². The van der Waals surface area contributed by atoms with Crippen LogP contribution in [0.3, 0.4) is 0 Å². The number of aromatic nitrogens is 1. The van der Waals surface area contributed by atoms with Gasteiger partial charge in [-0.15, -0.1) is 0 Å². The molecule has 2 aromatic rings. The van der Waals surface area contributed by atoms with Crippen LogP contribution < -0.4 is 11.1 Å². The van der Waals surface area contributed by atoms with E-state index in [9.17, 15) is 4.79 Å². The third kappa shape index (κ3) is 2.91. The van der Waals surface area contributed by atoms with E-state index < -0.39 is 0 Å². The summed E-state index contributed by atoms with van der Waals surface area (Å²) in [5.74, 6) is -0.307. The normalized spacial score (nSPS) is 10.3. The van der Waals surface area contributed by atoms with Crippen LogP contribution in [0.15, 0.2) is 30.5 Å². The lowest BCUT2D eigenvalue weighted by Crippen LogP contribution is -2.15. The average Bonchev–Trinajstić information content (AvgIpc) is 2.43. The number of carbonyl (C=O) groups is 1. The monoisotopic (exact) mass is 289 g/mol. The predicted octanol–water partition coefficient (Wildman–Crippen LogP) is 3.44. The molecule has 20 heavy (non-hydrogen) atoms. The first-order valence-corrected chi connectivity index (χ1v) is 6.71. The van der Waals surface area contributed by atoms with Gasteiger partial charge in [0.05, 0.1) is 17.4 Å². The molecule has 104 valence electrons. The number of aryl methyl sites for hydroxylation is 2. The molecule has 5 heteroatoms. The number of nitrogens with two attached hydrogens (primary N) is 1. The lowest BCUT2D eigenvalue weighted by Gasteiger charge is -2.13. The third-order valence-electron chi connectivity index (χ3n) is 3.08. The number of nitrogens with one attached hydrogen (secondary N) is 1. The first kappa shape index (κ1) is 14.3. The maximum atomic E-state index is 12.3. The van der Waals surface area contributed by atoms with Crippen LogP contribution in [0.25, 0.3) is 0 Å². The van der Waals surface area contributed by atoms with Crippen molar-refractivity contribution in [1.29, 1.82) is 0 Å². The molecule has 4 nitrogen and oxygen atoms in total. The number of rotatable bonds is 3. The number of carbonyl (C=O) groups excluding carboxylic acids is 1. The Morgan fingerprint density at radius 1 is 1.45 bits per heavy atom. The standard InChI is InChI=1S/C15H16ClN3O/c1-3-10-6-4-5-9(2)13(10)19-15(20)12-7-11(17)8-18-14(12)16/h4-8H,3,17H2,1-2H3,(H,19,20). The van der Waals surface area contributed by atoms with Gasteiger partial charge < -0.3 is 11.1 Å². The number of hydrogen-bond acceptors (Lipinski definition) is 3. The molecule has 0 aliphatic rings. The van der Waals surface area contributed by atoms with Crippen LogP contribution in [0, 0.1) is 6.92 Å². The first-order valence-electron chi connectivity index (χ1n) is 6.33. The van der Waals surface area contributed by atoms with E-state index >= 15 is 0 Å². The molecule has 1 heterocycles. The highest BCUT2D eigenvalue weighted by Gasteiger charge is 2.14. The fourth-order valence-corrected chi connectivity index (χ4v) is 2.20. The molecule has 0 unspecified atom stereocenters. The maximum Gasteiger partial charge on any atom is 0.258 e. The minimum atomic E-state index is -0.307. The van der Waals surface area contributed by atoms with Gasteiger partial charge in [-0.1, -0.05) is 36.7 Å². The van der Waals surface area contributed by atoms with E-state index in [1.807, 2.05) is 32.0 Å². The van der Waals surface area contributed by atoms with E-state index in [-0.39, 0.29) is 16.6 Å². The fraction of sp³-hybridized carbons (Fsp3) is 0.200. The SMILES string of the molecule is CCc1cccc(C)c1NC(=O)c1cc(N)cnc1Cl. The van der Waals surface area contributed by atoms with Crippen molar-refractivity contribution < 1.29 is 4.79 Å². The van der Waals surface area contributed by atoms with E-state index in [4.69, 9.17) is 17.3 Å². The summed E-state index contributed by atoms with van der Waals surface area (Å²) in [6.07, 6.45) is 2.25. The number of benzene rings is 1. The lowest BCUT2D eigenvalue weighted by atomic mass is 10.1. The molecule has 1 aromatic carbocycles. The number of halogens is 1. The average molecular weight is 290 g/mol. The summed E-state index contributed by atoms with van der Waals surface area (Å²) in [5, 5.41) is 3.04. The molecule has 0 saturated heterocycles. The molecule has 0 atom stereocenters. The molecule has 0 spiro atoms. The summed E-state index contributed by atoms with van der Waals surface area (Å²) >= 11 is 5.94. The Morgan fingerprint density at radius 2 is 2.20 bits per heavy atom. The highest BCUT2D eigenvalue weighted by molar-refractivity contribution is 6.33. The molecule has 0 aliphatic carbocycles. The third-order valence-corrected chi connectivity index (χ3v) is 3.38. The molecular weight excluding hydrogens is 274 g/mol. The van der Waals surface area contributed by atoms with Crippen LogP contribution >= 0.6 is 11.6 Å². The van der Waals surface area contributed by atoms with Crippen LogP contribution in [0.1, 0.15) is 28.4 Å². The van der Waals surface area contributed by atoms with E-state index in [0.29, 0.717) is 5.69 Å². The zero-order chi connectivity index (χ0) is 14.7. The second-order valence-corrected chi connectivity index (χ2v) is 4.88. The summed E-state index contributed by atoms with van der Waals surface area (Å²) in [6, 6.07) is 7.43. The van der Waals surface area contributed by atoms with Gasteiger partial charge in [0.2, 0.25) is 0 Å². The number of nitrogens with zero attached hydrogens (tertiary/aromatic N) is 1. The van der Waals surface area contributed by atoms with Gasteiger partial charge in [0.15, 0.2) is 0 Å². The molecule has 0 aliphatic heterocycles. The summed E-state index contributed by atoms with van der Waals surface area (Å²) in [7, 11) is 0. The Bertz CT molecular complexity index is 656. The summed E-state index contributed by atoms with van der Waals surface area (Å²) in [6.45, 7) is 3.99. The van der Waals surface area contributed by atoms with Gasteiger partial charge in [0.25, 0.3) is 5.91 Å². The number of pyridine rings is 1. The quantitative estimate of drug-likeness (QED) is 0.851. The Balaban J connectivity index is 2.35. The van der Waals surface area contributed by atoms with Crippen molar-refractivity contribution in [3.05, 3.63) is 52.3 Å². The van der Waals surface area contributed by atoms with Gasteiger partial charge in [0, 0.05) is 5.69 Å². The van der Waals surface area contributed by atoms with E-state index in [0.717, 1.165) is 23.2 Å². The van der Waals surface area contributed by atoms with Crippen LogP contribution in [0.2, 0.25) is 5.15 Å². The molecule has 2 rings (SSSR count). The number of nitrogen functional groups attached to an aromatic ring is 1. The van der Waals surface area contributed by atoms with Crippen molar-refractivity contribution >= 4 is 28.9 Å². The second kappa shape index (κ2) is 5.92. The van der Waals surface area contributed by atoms with Gasteiger partial charge in [-0.2, -0.15) is 0 Å². The van der Waals surface area contributed by atoms with Crippen LogP contribution in [-0.4, -0.2) is 10.9 Å². The molecule has 0 radical (unpaired) electrons. The van der Waals surface area contributed by atoms with E-state index in [1.54, 1.807) is 0 Å². The van der Waals surface area contributed by atoms with Crippen molar-refractivity contribution in [2.24, 2.45) is 0 Å². The largest absolute Gasteiger partial charge is 0.397 e. The van der Waals surface area contributed by atoms with Crippen LogP contribution in [0.5, 0.6) is 0 Å². The van der Waals surface area contributed by atoms with Crippen LogP contribution in [0.4, 0.5) is 11.4 Å². The fourth-order valence-electron chi connectivity index (χ4n) is 2.01. The number of hydrogen-bond donors (Lipinski definition) is 2. The van der Waals surface area contributed by atoms with Crippen molar-refractivity contribution in [3.8, 4) is 0 Å². The highest BCUT2D eigenvalue weighted by atomic mass is 35.5. The zero-order valence-electron chi connectivity index (χ0n) is 11.4. The second-order valence-electron chi connectivity index (χ2n) is 4.52. The Labute approximate surface area is 123 Å². The van der Waals surface area contributed by atoms with Gasteiger partial charge in [-0.3, -0.25) is 4.79 Å². The molecular formula is C15H16ClN3O. The number of amides is 1. The number of para-hydroxylation sites is 1. The predicted molar refractivity (Wildman–Crippen MR) is 82.2 cm³/mol. The van der Waals surface area contributed by atoms with Gasteiger partial charge in [-0.25, -0.2) is 4.98 Å². The minimum Gasteiger partial charge on any atom is -0.397 e. The molecule has 0 bridgehead atoms. The van der Waals surface area contributed by atoms with Gasteiger partial charge in [-0.05, 0) is 30.5 Å². The molecule has 3 N–H and O–H groups in total. The van der Waals surface area contributed by atoms with Crippen molar-refractivity contribution in [3.63, 3.8) is 0 Å². The topological polar surface area (TPSA) is 68.0 Å². The van der Waals surface area contributed by atoms with Gasteiger partial charge >= 0.3 is 0 Å². The Hall–Kier alpha value is -2.07. The number of anilines is 2. The lowest BCUT2D eigenvalue weighted by molar-refractivity contribution is 0.102.